The van der Waals surface area contributed by atoms with Gasteiger partial charge in [-0.2, -0.15) is 5.10 Å². The van der Waals surface area contributed by atoms with E-state index in [0.29, 0.717) is 13.0 Å². The quantitative estimate of drug-likeness (QED) is 0.813. The van der Waals surface area contributed by atoms with Crippen LogP contribution in [0.25, 0.3) is 5.70 Å². The van der Waals surface area contributed by atoms with Crippen LogP contribution in [-0.2, 0) is 22.0 Å². The third kappa shape index (κ3) is 4.18. The van der Waals surface area contributed by atoms with E-state index in [9.17, 15) is 9.59 Å². The van der Waals surface area contributed by atoms with E-state index in [1.807, 2.05) is 52.8 Å². The number of aryl methyl sites for hydroxylation is 1. The van der Waals surface area contributed by atoms with E-state index >= 15 is 0 Å². The molecule has 2 aliphatic rings. The highest BCUT2D eigenvalue weighted by Gasteiger charge is 2.42. The first-order chi connectivity index (χ1) is 14.0. The summed E-state index contributed by atoms with van der Waals surface area (Å²) in [7, 11) is 1.86. The van der Waals surface area contributed by atoms with E-state index in [2.05, 4.69) is 16.1 Å². The lowest BCUT2D eigenvalue weighted by molar-refractivity contribution is -0.123. The molecule has 1 saturated heterocycles. The number of hydrogen-bond acceptors (Lipinski definition) is 5. The third-order valence-electron chi connectivity index (χ3n) is 6.09. The summed E-state index contributed by atoms with van der Waals surface area (Å²) < 4.78 is 7.34. The number of primary amides is 1. The van der Waals surface area contributed by atoms with Crippen LogP contribution in [0, 0.1) is 0 Å². The summed E-state index contributed by atoms with van der Waals surface area (Å²) in [6.45, 7) is 11.8. The summed E-state index contributed by atoms with van der Waals surface area (Å²) in [6, 6.07) is 0.162. The fourth-order valence-corrected chi connectivity index (χ4v) is 4.38. The minimum Gasteiger partial charge on any atom is -0.444 e. The van der Waals surface area contributed by atoms with E-state index in [-0.39, 0.29) is 18.0 Å². The molecule has 30 heavy (non-hydrogen) atoms. The molecule has 1 atom stereocenters. The van der Waals surface area contributed by atoms with Gasteiger partial charge in [0.25, 0.3) is 0 Å². The van der Waals surface area contributed by atoms with E-state index in [1.165, 1.54) is 0 Å². The lowest BCUT2D eigenvalue weighted by Crippen LogP contribution is -2.49. The molecule has 1 aromatic rings. The van der Waals surface area contributed by atoms with Gasteiger partial charge < -0.3 is 20.3 Å². The summed E-state index contributed by atoms with van der Waals surface area (Å²) in [6.07, 6.45) is 6.11. The molecule has 2 N–H and O–H groups in total. The van der Waals surface area contributed by atoms with Crippen molar-refractivity contribution in [3.05, 3.63) is 23.5 Å². The van der Waals surface area contributed by atoms with Crippen LogP contribution in [0.4, 0.5) is 4.79 Å². The van der Waals surface area contributed by atoms with E-state index < -0.39 is 11.0 Å². The average molecular weight is 418 g/mol. The monoisotopic (exact) mass is 417 g/mol. The Morgan fingerprint density at radius 3 is 2.50 bits per heavy atom. The number of ether oxygens (including phenoxy) is 1. The van der Waals surface area contributed by atoms with Gasteiger partial charge in [0.1, 0.15) is 5.60 Å². The zero-order chi connectivity index (χ0) is 22.3. The summed E-state index contributed by atoms with van der Waals surface area (Å²) in [4.78, 5) is 28.9. The number of likely N-dealkylation sites (tertiary alicyclic amines) is 1. The summed E-state index contributed by atoms with van der Waals surface area (Å²) in [5.74, 6) is -0.354. The van der Waals surface area contributed by atoms with Crippen molar-refractivity contribution in [3.63, 3.8) is 0 Å². The van der Waals surface area contributed by atoms with Crippen molar-refractivity contribution in [2.45, 2.75) is 70.9 Å². The van der Waals surface area contributed by atoms with Gasteiger partial charge in [0, 0.05) is 50.2 Å². The number of piperidine rings is 1. The second-order valence-electron chi connectivity index (χ2n) is 9.54. The highest BCUT2D eigenvalue weighted by molar-refractivity contribution is 5.89. The van der Waals surface area contributed by atoms with Crippen molar-refractivity contribution in [2.24, 2.45) is 12.8 Å². The Morgan fingerprint density at radius 1 is 1.33 bits per heavy atom. The molecule has 0 spiro atoms. The van der Waals surface area contributed by atoms with Gasteiger partial charge in [-0.3, -0.25) is 9.48 Å². The van der Waals surface area contributed by atoms with Gasteiger partial charge in [-0.25, -0.2) is 4.79 Å². The molecule has 166 valence electrons. The summed E-state index contributed by atoms with van der Waals surface area (Å²) in [5.41, 5.74) is 7.26. The van der Waals surface area contributed by atoms with Crippen molar-refractivity contribution in [2.75, 3.05) is 19.6 Å². The Hall–Kier alpha value is -2.51. The van der Waals surface area contributed by atoms with Gasteiger partial charge in [0.15, 0.2) is 0 Å². The highest BCUT2D eigenvalue weighted by Crippen LogP contribution is 2.40. The topological polar surface area (TPSA) is 93.7 Å². The number of rotatable bonds is 4. The van der Waals surface area contributed by atoms with Crippen LogP contribution in [-0.4, -0.2) is 62.9 Å². The average Bonchev–Trinajstić information content (AvgIpc) is 3.04. The van der Waals surface area contributed by atoms with Gasteiger partial charge in [0.2, 0.25) is 5.91 Å². The van der Waals surface area contributed by atoms with Crippen LogP contribution in [0.15, 0.2) is 12.3 Å². The summed E-state index contributed by atoms with van der Waals surface area (Å²) in [5, 5.41) is 4.56. The predicted octanol–water partition coefficient (Wildman–Crippen LogP) is 2.63. The Bertz CT molecular complexity index is 845. The normalized spacial score (nSPS) is 22.3. The van der Waals surface area contributed by atoms with E-state index in [4.69, 9.17) is 10.5 Å². The van der Waals surface area contributed by atoms with Crippen LogP contribution < -0.4 is 5.73 Å². The van der Waals surface area contributed by atoms with E-state index in [0.717, 1.165) is 42.9 Å². The zero-order valence-electron chi connectivity index (χ0n) is 19.1. The summed E-state index contributed by atoms with van der Waals surface area (Å²) >= 11 is 0. The number of amides is 2. The smallest absolute Gasteiger partial charge is 0.410 e. The van der Waals surface area contributed by atoms with Crippen molar-refractivity contribution in [1.82, 2.24) is 19.6 Å². The minimum atomic E-state index is -0.784. The number of nitrogens with two attached hydrogens (primary N) is 1. The van der Waals surface area contributed by atoms with Crippen LogP contribution in [0.3, 0.4) is 0 Å². The molecule has 2 heterocycles. The van der Waals surface area contributed by atoms with Crippen molar-refractivity contribution in [1.29, 1.82) is 0 Å². The fraction of sp³-hybridized carbons (Fsp3) is 0.682. The molecule has 0 aromatic carbocycles. The molecule has 1 unspecified atom stereocenters. The lowest BCUT2D eigenvalue weighted by Gasteiger charge is -2.41. The lowest BCUT2D eigenvalue weighted by atomic mass is 9.76. The maximum Gasteiger partial charge on any atom is 0.410 e. The molecule has 0 bridgehead atoms. The molecular weight excluding hydrogens is 382 g/mol. The van der Waals surface area contributed by atoms with Crippen LogP contribution in [0.2, 0.25) is 0 Å². The van der Waals surface area contributed by atoms with Gasteiger partial charge in [0.05, 0.1) is 11.1 Å². The Balaban J connectivity index is 1.73. The van der Waals surface area contributed by atoms with Gasteiger partial charge >= 0.3 is 6.09 Å². The Labute approximate surface area is 179 Å². The zero-order valence-corrected chi connectivity index (χ0v) is 19.1. The number of aromatic nitrogens is 2. The molecule has 2 amide bonds. The molecule has 1 aromatic heterocycles. The largest absolute Gasteiger partial charge is 0.444 e. The van der Waals surface area contributed by atoms with Crippen LogP contribution >= 0.6 is 0 Å². The number of carbonyl (C=O) groups is 2. The molecule has 1 fully saturated rings. The molecule has 0 saturated carbocycles. The number of allylic oxidation sites excluding steroid dienone is 1. The van der Waals surface area contributed by atoms with Crippen LogP contribution in [0.5, 0.6) is 0 Å². The molecule has 1 aliphatic carbocycles. The first-order valence-electron chi connectivity index (χ1n) is 10.8. The van der Waals surface area contributed by atoms with Gasteiger partial charge in [-0.1, -0.05) is 6.08 Å². The highest BCUT2D eigenvalue weighted by atomic mass is 16.6. The second-order valence-corrected chi connectivity index (χ2v) is 9.54. The Morgan fingerprint density at radius 2 is 1.97 bits per heavy atom. The van der Waals surface area contributed by atoms with Crippen LogP contribution in [0.1, 0.15) is 65.1 Å². The number of nitrogens with zero attached hydrogens (tertiary/aromatic N) is 4. The third-order valence-corrected chi connectivity index (χ3v) is 6.09. The minimum absolute atomic E-state index is 0.162. The van der Waals surface area contributed by atoms with Gasteiger partial charge in [-0.05, 0) is 53.9 Å². The maximum absolute atomic E-state index is 12.6. The first-order valence-corrected chi connectivity index (χ1v) is 10.8. The maximum atomic E-state index is 12.6. The fourth-order valence-electron chi connectivity index (χ4n) is 4.38. The van der Waals surface area contributed by atoms with Crippen molar-refractivity contribution < 1.29 is 14.3 Å². The number of hydrogen-bond donors (Lipinski definition) is 1. The second kappa shape index (κ2) is 7.96. The predicted molar refractivity (Wildman–Crippen MR) is 116 cm³/mol. The molecule has 8 heteroatoms. The molecular formula is C22H35N5O3. The van der Waals surface area contributed by atoms with Gasteiger partial charge in [-0.15, -0.1) is 0 Å². The molecule has 8 nitrogen and oxygen atoms in total. The first kappa shape index (κ1) is 22.2. The Kier molecular flexibility index (Phi) is 5.89. The molecule has 0 radical (unpaired) electrons. The number of fused-ring (bicyclic) bond motifs is 1. The molecule has 3 rings (SSSR count). The number of carbonyl (C=O) groups excluding carboxylic acids is 2. The standard InChI is InChI=1S/C22H35N5O3/c1-7-27(20(29)30-21(2,3)4)15-9-12-26(13-10-15)17-8-11-22(5,19(23)28)18-16(17)14-25(6)24-18/h8,14-15H,7,9-13H2,1-6H3,(H2,23,28). The van der Waals surface area contributed by atoms with Crippen molar-refractivity contribution in [3.8, 4) is 0 Å². The SMILES string of the molecule is CCN(C(=O)OC(C)(C)C)C1CCN(C2=CCC(C)(C(N)=O)c3nn(C)cc32)CC1. The molecule has 1 aliphatic heterocycles. The van der Waals surface area contributed by atoms with Crippen molar-refractivity contribution >= 4 is 17.7 Å². The van der Waals surface area contributed by atoms with E-state index in [1.54, 1.807) is 4.68 Å².